The van der Waals surface area contributed by atoms with Gasteiger partial charge in [-0.1, -0.05) is 20.8 Å². The minimum Gasteiger partial charge on any atom is -0.313 e. The van der Waals surface area contributed by atoms with Crippen molar-refractivity contribution in [2.75, 3.05) is 20.1 Å². The summed E-state index contributed by atoms with van der Waals surface area (Å²) in [7, 11) is 2.19. The van der Waals surface area contributed by atoms with E-state index in [4.69, 9.17) is 0 Å². The summed E-state index contributed by atoms with van der Waals surface area (Å²) >= 11 is 0. The molecule has 0 amide bonds. The van der Waals surface area contributed by atoms with E-state index in [1.54, 1.807) is 0 Å². The molecule has 0 aromatic rings. The molecule has 0 aliphatic heterocycles. The van der Waals surface area contributed by atoms with E-state index in [-0.39, 0.29) is 0 Å². The first-order valence-corrected chi connectivity index (χ1v) is 5.01. The van der Waals surface area contributed by atoms with Crippen molar-refractivity contribution in [3.05, 3.63) is 0 Å². The van der Waals surface area contributed by atoms with E-state index in [2.05, 4.69) is 45.0 Å². The maximum Gasteiger partial charge on any atom is 0.0189 e. The SMILES string of the molecule is CCCN(C)C(C)CNC(C)C. The molecule has 2 heteroatoms. The number of rotatable bonds is 6. The first kappa shape index (κ1) is 11.9. The Labute approximate surface area is 77.3 Å². The van der Waals surface area contributed by atoms with Gasteiger partial charge in [-0.3, -0.25) is 0 Å². The molecule has 0 aromatic heterocycles. The zero-order valence-electron chi connectivity index (χ0n) is 9.22. The summed E-state index contributed by atoms with van der Waals surface area (Å²) < 4.78 is 0. The van der Waals surface area contributed by atoms with Gasteiger partial charge >= 0.3 is 0 Å². The highest BCUT2D eigenvalue weighted by Gasteiger charge is 2.07. The second-order valence-electron chi connectivity index (χ2n) is 3.89. The standard InChI is InChI=1S/C10H24N2/c1-6-7-12(5)10(4)8-11-9(2)3/h9-11H,6-8H2,1-5H3. The van der Waals surface area contributed by atoms with E-state index in [1.807, 2.05) is 0 Å². The van der Waals surface area contributed by atoms with Crippen LogP contribution in [0, 0.1) is 0 Å². The van der Waals surface area contributed by atoms with E-state index in [1.165, 1.54) is 13.0 Å². The summed E-state index contributed by atoms with van der Waals surface area (Å²) in [5, 5.41) is 3.44. The van der Waals surface area contributed by atoms with Crippen LogP contribution in [-0.2, 0) is 0 Å². The summed E-state index contributed by atoms with van der Waals surface area (Å²) in [5.74, 6) is 0. The van der Waals surface area contributed by atoms with Gasteiger partial charge in [-0.15, -0.1) is 0 Å². The van der Waals surface area contributed by atoms with E-state index in [0.29, 0.717) is 12.1 Å². The van der Waals surface area contributed by atoms with Crippen molar-refractivity contribution in [2.24, 2.45) is 0 Å². The highest BCUT2D eigenvalue weighted by molar-refractivity contribution is 4.67. The highest BCUT2D eigenvalue weighted by Crippen LogP contribution is 1.95. The lowest BCUT2D eigenvalue weighted by Crippen LogP contribution is -2.40. The zero-order chi connectivity index (χ0) is 9.56. The topological polar surface area (TPSA) is 15.3 Å². The number of nitrogens with zero attached hydrogens (tertiary/aromatic N) is 1. The van der Waals surface area contributed by atoms with Crippen molar-refractivity contribution in [3.8, 4) is 0 Å². The van der Waals surface area contributed by atoms with Crippen LogP contribution >= 0.6 is 0 Å². The predicted molar refractivity (Wildman–Crippen MR) is 55.5 cm³/mol. The summed E-state index contributed by atoms with van der Waals surface area (Å²) in [4.78, 5) is 2.40. The fourth-order valence-electron chi connectivity index (χ4n) is 1.14. The molecular formula is C10H24N2. The Morgan fingerprint density at radius 2 is 1.83 bits per heavy atom. The maximum absolute atomic E-state index is 3.44. The van der Waals surface area contributed by atoms with Gasteiger partial charge in [0.15, 0.2) is 0 Å². The quantitative estimate of drug-likeness (QED) is 0.656. The zero-order valence-corrected chi connectivity index (χ0v) is 9.22. The van der Waals surface area contributed by atoms with Gasteiger partial charge in [-0.25, -0.2) is 0 Å². The molecule has 0 saturated heterocycles. The lowest BCUT2D eigenvalue weighted by molar-refractivity contribution is 0.248. The monoisotopic (exact) mass is 172 g/mol. The molecule has 1 N–H and O–H groups in total. The third-order valence-electron chi connectivity index (χ3n) is 2.15. The van der Waals surface area contributed by atoms with Crippen LogP contribution in [0.4, 0.5) is 0 Å². The first-order valence-electron chi connectivity index (χ1n) is 5.01. The van der Waals surface area contributed by atoms with Crippen LogP contribution in [0.1, 0.15) is 34.1 Å². The number of nitrogens with one attached hydrogen (secondary N) is 1. The normalized spacial score (nSPS) is 14.2. The van der Waals surface area contributed by atoms with Crippen LogP contribution in [0.3, 0.4) is 0 Å². The van der Waals surface area contributed by atoms with Gasteiger partial charge in [-0.2, -0.15) is 0 Å². The van der Waals surface area contributed by atoms with Crippen molar-refractivity contribution >= 4 is 0 Å². The van der Waals surface area contributed by atoms with Crippen molar-refractivity contribution in [3.63, 3.8) is 0 Å². The second kappa shape index (κ2) is 6.44. The minimum atomic E-state index is 0.600. The summed E-state index contributed by atoms with van der Waals surface area (Å²) in [6.07, 6.45) is 1.24. The molecule has 1 unspecified atom stereocenters. The molecule has 0 spiro atoms. The van der Waals surface area contributed by atoms with Crippen LogP contribution in [-0.4, -0.2) is 37.1 Å². The Kier molecular flexibility index (Phi) is 6.39. The minimum absolute atomic E-state index is 0.600. The molecule has 0 radical (unpaired) electrons. The third kappa shape index (κ3) is 5.56. The predicted octanol–water partition coefficient (Wildman–Crippen LogP) is 1.71. The third-order valence-corrected chi connectivity index (χ3v) is 2.15. The Balaban J connectivity index is 3.49. The Bertz CT molecular complexity index is 102. The smallest absolute Gasteiger partial charge is 0.0189 e. The molecule has 1 atom stereocenters. The van der Waals surface area contributed by atoms with E-state index < -0.39 is 0 Å². The van der Waals surface area contributed by atoms with Crippen molar-refractivity contribution in [2.45, 2.75) is 46.2 Å². The van der Waals surface area contributed by atoms with Gasteiger partial charge in [0.05, 0.1) is 0 Å². The maximum atomic E-state index is 3.44. The Morgan fingerprint density at radius 3 is 2.25 bits per heavy atom. The summed E-state index contributed by atoms with van der Waals surface area (Å²) in [6, 6.07) is 1.25. The fraction of sp³-hybridized carbons (Fsp3) is 1.00. The molecule has 0 aromatic carbocycles. The van der Waals surface area contributed by atoms with Crippen molar-refractivity contribution in [1.29, 1.82) is 0 Å². The first-order chi connectivity index (χ1) is 5.57. The van der Waals surface area contributed by atoms with E-state index >= 15 is 0 Å². The average molecular weight is 172 g/mol. The van der Waals surface area contributed by atoms with Gasteiger partial charge in [0.2, 0.25) is 0 Å². The largest absolute Gasteiger partial charge is 0.313 e. The lowest BCUT2D eigenvalue weighted by atomic mass is 10.2. The number of hydrogen-bond donors (Lipinski definition) is 1. The molecule has 12 heavy (non-hydrogen) atoms. The molecule has 2 nitrogen and oxygen atoms in total. The molecular weight excluding hydrogens is 148 g/mol. The lowest BCUT2D eigenvalue weighted by Gasteiger charge is -2.25. The van der Waals surface area contributed by atoms with Gasteiger partial charge in [0.1, 0.15) is 0 Å². The van der Waals surface area contributed by atoms with Crippen LogP contribution in [0.25, 0.3) is 0 Å². The van der Waals surface area contributed by atoms with Crippen LogP contribution in [0.15, 0.2) is 0 Å². The molecule has 0 aliphatic rings. The van der Waals surface area contributed by atoms with Gasteiger partial charge in [0, 0.05) is 18.6 Å². The van der Waals surface area contributed by atoms with Crippen molar-refractivity contribution in [1.82, 2.24) is 10.2 Å². The molecule has 74 valence electrons. The van der Waals surface area contributed by atoms with Gasteiger partial charge in [0.25, 0.3) is 0 Å². The second-order valence-corrected chi connectivity index (χ2v) is 3.89. The molecule has 0 heterocycles. The fourth-order valence-corrected chi connectivity index (χ4v) is 1.14. The number of likely N-dealkylation sites (N-methyl/N-ethyl adjacent to an activating group) is 1. The Morgan fingerprint density at radius 1 is 1.25 bits per heavy atom. The van der Waals surface area contributed by atoms with E-state index in [9.17, 15) is 0 Å². The summed E-state index contributed by atoms with van der Waals surface area (Å²) in [6.45, 7) is 11.2. The average Bonchev–Trinajstić information content (AvgIpc) is 2.00. The molecule has 0 rings (SSSR count). The highest BCUT2D eigenvalue weighted by atomic mass is 15.1. The summed E-state index contributed by atoms with van der Waals surface area (Å²) in [5.41, 5.74) is 0. The molecule has 0 saturated carbocycles. The van der Waals surface area contributed by atoms with Gasteiger partial charge < -0.3 is 10.2 Å². The van der Waals surface area contributed by atoms with Crippen molar-refractivity contribution < 1.29 is 0 Å². The molecule has 0 bridgehead atoms. The van der Waals surface area contributed by atoms with E-state index in [0.717, 1.165) is 6.54 Å². The molecule has 0 fully saturated rings. The number of hydrogen-bond acceptors (Lipinski definition) is 2. The van der Waals surface area contributed by atoms with Crippen LogP contribution < -0.4 is 5.32 Å². The van der Waals surface area contributed by atoms with Crippen LogP contribution in [0.2, 0.25) is 0 Å². The Hall–Kier alpha value is -0.0800. The van der Waals surface area contributed by atoms with Crippen LogP contribution in [0.5, 0.6) is 0 Å². The van der Waals surface area contributed by atoms with Gasteiger partial charge in [-0.05, 0) is 26.9 Å². The molecule has 0 aliphatic carbocycles.